The Hall–Kier alpha value is -4.60. The van der Waals surface area contributed by atoms with Crippen LogP contribution in [0.1, 0.15) is 15.9 Å². The molecule has 0 bridgehead atoms. The zero-order valence-corrected chi connectivity index (χ0v) is 16.0. The van der Waals surface area contributed by atoms with Crippen LogP contribution in [-0.2, 0) is 6.54 Å². The van der Waals surface area contributed by atoms with E-state index in [9.17, 15) is 25.0 Å². The Kier molecular flexibility index (Phi) is 5.10. The van der Waals surface area contributed by atoms with E-state index in [4.69, 9.17) is 0 Å². The number of hydrogen-bond donors (Lipinski definition) is 1. The highest BCUT2D eigenvalue weighted by Crippen LogP contribution is 2.24. The summed E-state index contributed by atoms with van der Waals surface area (Å²) in [4.78, 5) is 33.0. The van der Waals surface area contributed by atoms with Crippen molar-refractivity contribution in [2.24, 2.45) is 0 Å². The number of nitro benzene ring substituents is 2. The number of hydrogen-bond acceptors (Lipinski definition) is 6. The number of nitrogens with zero attached hydrogens (tertiary/aromatic N) is 4. The Balaban J connectivity index is 1.54. The summed E-state index contributed by atoms with van der Waals surface area (Å²) in [5, 5.41) is 31.1. The summed E-state index contributed by atoms with van der Waals surface area (Å²) < 4.78 is 1.65. The van der Waals surface area contributed by atoms with Gasteiger partial charge in [0.1, 0.15) is 0 Å². The van der Waals surface area contributed by atoms with E-state index in [1.807, 2.05) is 42.5 Å². The fraction of sp³-hybridized carbons (Fsp3) is 0.0476. The number of carbonyl (C=O) groups is 1. The third kappa shape index (κ3) is 4.22. The minimum atomic E-state index is -0.789. The molecule has 10 nitrogen and oxygen atoms in total. The van der Waals surface area contributed by atoms with Crippen molar-refractivity contribution in [2.75, 3.05) is 5.32 Å². The molecule has 4 rings (SSSR count). The van der Waals surface area contributed by atoms with Crippen molar-refractivity contribution in [1.82, 2.24) is 9.78 Å². The molecule has 10 heteroatoms. The highest BCUT2D eigenvalue weighted by molar-refractivity contribution is 6.04. The molecule has 0 atom stereocenters. The van der Waals surface area contributed by atoms with Crippen LogP contribution >= 0.6 is 0 Å². The van der Waals surface area contributed by atoms with Crippen LogP contribution in [0, 0.1) is 20.2 Å². The molecule has 1 amide bonds. The lowest BCUT2D eigenvalue weighted by Crippen LogP contribution is -2.13. The van der Waals surface area contributed by atoms with Crippen molar-refractivity contribution in [1.29, 1.82) is 0 Å². The highest BCUT2D eigenvalue weighted by atomic mass is 16.6. The van der Waals surface area contributed by atoms with Crippen molar-refractivity contribution in [3.63, 3.8) is 0 Å². The minimum Gasteiger partial charge on any atom is -0.305 e. The predicted octanol–water partition coefficient (Wildman–Crippen LogP) is 4.15. The Bertz CT molecular complexity index is 1290. The van der Waals surface area contributed by atoms with Crippen LogP contribution in [0.5, 0.6) is 0 Å². The van der Waals surface area contributed by atoms with E-state index in [0.29, 0.717) is 6.54 Å². The largest absolute Gasteiger partial charge is 0.305 e. The van der Waals surface area contributed by atoms with Crippen LogP contribution in [0.25, 0.3) is 10.8 Å². The average molecular weight is 417 g/mol. The van der Waals surface area contributed by atoms with Gasteiger partial charge in [-0.1, -0.05) is 42.5 Å². The highest BCUT2D eigenvalue weighted by Gasteiger charge is 2.20. The van der Waals surface area contributed by atoms with Gasteiger partial charge in [-0.05, 0) is 16.3 Å². The minimum absolute atomic E-state index is 0.204. The molecule has 0 saturated carbocycles. The van der Waals surface area contributed by atoms with Gasteiger partial charge in [0.2, 0.25) is 0 Å². The number of non-ortho nitro benzene ring substituents is 2. The number of fused-ring (bicyclic) bond motifs is 1. The molecule has 1 aromatic heterocycles. The summed E-state index contributed by atoms with van der Waals surface area (Å²) in [5.74, 6) is -0.512. The Morgan fingerprint density at radius 3 is 2.32 bits per heavy atom. The summed E-state index contributed by atoms with van der Waals surface area (Å²) in [6.07, 6.45) is 1.69. The monoisotopic (exact) mass is 417 g/mol. The van der Waals surface area contributed by atoms with E-state index < -0.39 is 27.1 Å². The zero-order valence-electron chi connectivity index (χ0n) is 16.0. The quantitative estimate of drug-likeness (QED) is 0.370. The standard InChI is InChI=1S/C21H15N5O5/c27-21(16-10-17(25(28)29)12-18(11-16)26(30)31)22-20-8-9-24(23-20)13-15-6-3-5-14-4-1-2-7-19(14)15/h1-12H,13H2,(H,22,23,27). The Labute approximate surface area is 175 Å². The molecule has 0 aliphatic rings. The number of aromatic nitrogens is 2. The van der Waals surface area contributed by atoms with Gasteiger partial charge in [0.25, 0.3) is 17.3 Å². The first kappa shape index (κ1) is 19.7. The molecule has 0 aliphatic heterocycles. The van der Waals surface area contributed by atoms with Crippen molar-refractivity contribution in [2.45, 2.75) is 6.54 Å². The van der Waals surface area contributed by atoms with E-state index in [2.05, 4.69) is 10.4 Å². The van der Waals surface area contributed by atoms with Gasteiger partial charge in [-0.15, -0.1) is 0 Å². The maximum Gasteiger partial charge on any atom is 0.277 e. The predicted molar refractivity (Wildman–Crippen MR) is 113 cm³/mol. The molecule has 0 unspecified atom stereocenters. The van der Waals surface area contributed by atoms with Gasteiger partial charge in [-0.3, -0.25) is 29.7 Å². The zero-order chi connectivity index (χ0) is 22.0. The summed E-state index contributed by atoms with van der Waals surface area (Å²) in [7, 11) is 0. The van der Waals surface area contributed by atoms with Gasteiger partial charge in [0.15, 0.2) is 5.82 Å². The van der Waals surface area contributed by atoms with Crippen LogP contribution in [0.4, 0.5) is 17.2 Å². The van der Waals surface area contributed by atoms with Gasteiger partial charge in [-0.25, -0.2) is 0 Å². The van der Waals surface area contributed by atoms with Crippen molar-refractivity contribution in [3.8, 4) is 0 Å². The fourth-order valence-electron chi connectivity index (χ4n) is 3.25. The number of nitrogens with one attached hydrogen (secondary N) is 1. The molecule has 0 saturated heterocycles. The lowest BCUT2D eigenvalue weighted by molar-refractivity contribution is -0.394. The number of rotatable bonds is 6. The van der Waals surface area contributed by atoms with Crippen molar-refractivity contribution >= 4 is 33.9 Å². The van der Waals surface area contributed by atoms with E-state index in [0.717, 1.165) is 34.5 Å². The van der Waals surface area contributed by atoms with Gasteiger partial charge < -0.3 is 5.32 Å². The molecule has 1 N–H and O–H groups in total. The van der Waals surface area contributed by atoms with Crippen LogP contribution in [0.2, 0.25) is 0 Å². The molecule has 0 aliphatic carbocycles. The molecule has 154 valence electrons. The molecule has 1 heterocycles. The second-order valence-electron chi connectivity index (χ2n) is 6.74. The second-order valence-corrected chi connectivity index (χ2v) is 6.74. The lowest BCUT2D eigenvalue weighted by Gasteiger charge is -2.07. The van der Waals surface area contributed by atoms with Gasteiger partial charge in [0, 0.05) is 24.4 Å². The molecule has 3 aromatic carbocycles. The molecule has 4 aromatic rings. The van der Waals surface area contributed by atoms with Crippen molar-refractivity contribution < 1.29 is 14.6 Å². The topological polar surface area (TPSA) is 133 Å². The smallest absolute Gasteiger partial charge is 0.277 e. The first-order valence-electron chi connectivity index (χ1n) is 9.16. The maximum absolute atomic E-state index is 12.5. The Morgan fingerprint density at radius 2 is 1.61 bits per heavy atom. The van der Waals surface area contributed by atoms with Crippen LogP contribution in [0.3, 0.4) is 0 Å². The average Bonchev–Trinajstić information content (AvgIpc) is 3.20. The van der Waals surface area contributed by atoms with Gasteiger partial charge in [-0.2, -0.15) is 5.10 Å². The number of anilines is 1. The SMILES string of the molecule is O=C(Nc1ccn(Cc2cccc3ccccc23)n1)c1cc([N+](=O)[O-])cc([N+](=O)[O-])c1. The molecule has 0 fully saturated rings. The van der Waals surface area contributed by atoms with E-state index in [1.54, 1.807) is 16.9 Å². The summed E-state index contributed by atoms with van der Waals surface area (Å²) in [6.45, 7) is 0.472. The fourth-order valence-corrected chi connectivity index (χ4v) is 3.25. The normalized spacial score (nSPS) is 10.7. The number of carbonyl (C=O) groups excluding carboxylic acids is 1. The maximum atomic E-state index is 12.5. The molecule has 31 heavy (non-hydrogen) atoms. The van der Waals surface area contributed by atoms with E-state index in [-0.39, 0.29) is 11.4 Å². The summed E-state index contributed by atoms with van der Waals surface area (Å²) in [5.41, 5.74) is -0.237. The number of benzene rings is 3. The first-order valence-corrected chi connectivity index (χ1v) is 9.16. The third-order valence-electron chi connectivity index (χ3n) is 4.68. The number of nitro groups is 2. The number of amides is 1. The molecular formula is C21H15N5O5. The van der Waals surface area contributed by atoms with Gasteiger partial charge in [0.05, 0.1) is 28.0 Å². The second kappa shape index (κ2) is 8.03. The Morgan fingerprint density at radius 1 is 0.935 bits per heavy atom. The third-order valence-corrected chi connectivity index (χ3v) is 4.68. The van der Waals surface area contributed by atoms with Crippen molar-refractivity contribution in [3.05, 3.63) is 104 Å². The molecule has 0 spiro atoms. The summed E-state index contributed by atoms with van der Waals surface area (Å²) >= 11 is 0. The summed E-state index contributed by atoms with van der Waals surface area (Å²) in [6, 6.07) is 18.3. The lowest BCUT2D eigenvalue weighted by atomic mass is 10.0. The van der Waals surface area contributed by atoms with Crippen LogP contribution < -0.4 is 5.32 Å². The van der Waals surface area contributed by atoms with Crippen LogP contribution in [0.15, 0.2) is 72.9 Å². The van der Waals surface area contributed by atoms with E-state index >= 15 is 0 Å². The van der Waals surface area contributed by atoms with E-state index in [1.165, 1.54) is 0 Å². The van der Waals surface area contributed by atoms with Gasteiger partial charge >= 0.3 is 0 Å². The van der Waals surface area contributed by atoms with Crippen LogP contribution in [-0.4, -0.2) is 25.5 Å². The first-order chi connectivity index (χ1) is 14.9. The molecule has 0 radical (unpaired) electrons. The molecular weight excluding hydrogens is 402 g/mol.